The molecule has 1 aliphatic heterocycles. The first-order valence-corrected chi connectivity index (χ1v) is 5.85. The van der Waals surface area contributed by atoms with Gasteiger partial charge >= 0.3 is 0 Å². The van der Waals surface area contributed by atoms with Gasteiger partial charge in [0.05, 0.1) is 6.04 Å². The van der Waals surface area contributed by atoms with Crippen LogP contribution in [0.15, 0.2) is 42.5 Å². The summed E-state index contributed by atoms with van der Waals surface area (Å²) in [6, 6.07) is 13.8. The van der Waals surface area contributed by atoms with Crippen LogP contribution >= 0.6 is 0 Å². The van der Waals surface area contributed by atoms with E-state index in [0.29, 0.717) is 0 Å². The van der Waals surface area contributed by atoms with Crippen LogP contribution in [0.5, 0.6) is 0 Å². The van der Waals surface area contributed by atoms with Crippen molar-refractivity contribution in [3.05, 3.63) is 65.0 Å². The fourth-order valence-electron chi connectivity index (χ4n) is 2.46. The molecule has 1 aliphatic rings. The van der Waals surface area contributed by atoms with E-state index in [1.54, 1.807) is 6.07 Å². The van der Waals surface area contributed by atoms with Crippen LogP contribution in [-0.4, -0.2) is 0 Å². The summed E-state index contributed by atoms with van der Waals surface area (Å²) in [6.07, 6.45) is 0.729. The highest BCUT2D eigenvalue weighted by Gasteiger charge is 2.25. The maximum Gasteiger partial charge on any atom is 0.128 e. The molecule has 2 aromatic rings. The molecule has 0 saturated carbocycles. The predicted molar refractivity (Wildman–Crippen MR) is 67.6 cm³/mol. The average molecular weight is 227 g/mol. The number of fused-ring (bicyclic) bond motifs is 1. The van der Waals surface area contributed by atoms with Gasteiger partial charge in [-0.05, 0) is 24.1 Å². The zero-order valence-corrected chi connectivity index (χ0v) is 9.70. The lowest BCUT2D eigenvalue weighted by Gasteiger charge is -2.11. The molecule has 1 unspecified atom stereocenters. The molecule has 0 aromatic heterocycles. The lowest BCUT2D eigenvalue weighted by Crippen LogP contribution is -2.05. The molecule has 0 aliphatic carbocycles. The van der Waals surface area contributed by atoms with Crippen molar-refractivity contribution in [3.8, 4) is 0 Å². The molecule has 17 heavy (non-hydrogen) atoms. The van der Waals surface area contributed by atoms with E-state index in [1.807, 2.05) is 31.2 Å². The van der Waals surface area contributed by atoms with Gasteiger partial charge in [0, 0.05) is 17.7 Å². The topological polar surface area (TPSA) is 12.0 Å². The molecule has 0 amide bonds. The lowest BCUT2D eigenvalue weighted by molar-refractivity contribution is 0.610. The van der Waals surface area contributed by atoms with Gasteiger partial charge in [-0.2, -0.15) is 0 Å². The molecular formula is C15H14FN. The Morgan fingerprint density at radius 3 is 2.59 bits per heavy atom. The van der Waals surface area contributed by atoms with Crippen molar-refractivity contribution in [3.63, 3.8) is 0 Å². The van der Waals surface area contributed by atoms with Crippen LogP contribution in [-0.2, 0) is 6.42 Å². The molecule has 2 heteroatoms. The Kier molecular flexibility index (Phi) is 2.36. The first-order valence-electron chi connectivity index (χ1n) is 5.85. The molecule has 1 N–H and O–H groups in total. The van der Waals surface area contributed by atoms with E-state index in [0.717, 1.165) is 23.2 Å². The summed E-state index contributed by atoms with van der Waals surface area (Å²) >= 11 is 0. The molecule has 0 spiro atoms. The number of hydrogen-bond donors (Lipinski definition) is 1. The van der Waals surface area contributed by atoms with Crippen LogP contribution < -0.4 is 5.32 Å². The largest absolute Gasteiger partial charge is 0.377 e. The van der Waals surface area contributed by atoms with Crippen LogP contribution in [0.4, 0.5) is 10.1 Å². The maximum atomic E-state index is 13.7. The number of anilines is 1. The second-order valence-corrected chi connectivity index (χ2v) is 4.53. The molecule has 1 heterocycles. The fourth-order valence-corrected chi connectivity index (χ4v) is 2.46. The summed E-state index contributed by atoms with van der Waals surface area (Å²) in [5.41, 5.74) is 4.11. The molecule has 0 radical (unpaired) electrons. The van der Waals surface area contributed by atoms with Gasteiger partial charge in [0.15, 0.2) is 0 Å². The van der Waals surface area contributed by atoms with Crippen LogP contribution in [0.25, 0.3) is 0 Å². The minimum atomic E-state index is -0.100. The minimum absolute atomic E-state index is 0.100. The third-order valence-electron chi connectivity index (χ3n) is 3.39. The van der Waals surface area contributed by atoms with E-state index in [9.17, 15) is 4.39 Å². The van der Waals surface area contributed by atoms with Gasteiger partial charge in [0.1, 0.15) is 5.82 Å². The van der Waals surface area contributed by atoms with Crippen molar-refractivity contribution in [1.82, 2.24) is 0 Å². The molecule has 1 nitrogen and oxygen atoms in total. The van der Waals surface area contributed by atoms with Gasteiger partial charge in [-0.15, -0.1) is 0 Å². The number of rotatable bonds is 1. The van der Waals surface area contributed by atoms with E-state index in [1.165, 1.54) is 5.56 Å². The molecule has 0 fully saturated rings. The Labute approximate surface area is 100 Å². The molecule has 0 saturated heterocycles. The highest BCUT2D eigenvalue weighted by Crippen LogP contribution is 2.37. The molecule has 0 bridgehead atoms. The van der Waals surface area contributed by atoms with Crippen molar-refractivity contribution in [2.24, 2.45) is 0 Å². The SMILES string of the molecule is Cc1ccc(F)c2c1NC(c1ccccc1)C2. The van der Waals surface area contributed by atoms with Gasteiger partial charge in [0.2, 0.25) is 0 Å². The van der Waals surface area contributed by atoms with E-state index >= 15 is 0 Å². The Hall–Kier alpha value is -1.83. The van der Waals surface area contributed by atoms with Gasteiger partial charge in [-0.25, -0.2) is 4.39 Å². The normalized spacial score (nSPS) is 17.6. The molecule has 2 aromatic carbocycles. The lowest BCUT2D eigenvalue weighted by atomic mass is 10.0. The van der Waals surface area contributed by atoms with Crippen molar-refractivity contribution >= 4 is 5.69 Å². The zero-order valence-electron chi connectivity index (χ0n) is 9.70. The van der Waals surface area contributed by atoms with E-state index in [-0.39, 0.29) is 11.9 Å². The summed E-state index contributed by atoms with van der Waals surface area (Å²) in [5.74, 6) is -0.100. The molecular weight excluding hydrogens is 213 g/mol. The second-order valence-electron chi connectivity index (χ2n) is 4.53. The number of benzene rings is 2. The first kappa shape index (κ1) is 10.3. The van der Waals surface area contributed by atoms with E-state index < -0.39 is 0 Å². The van der Waals surface area contributed by atoms with Gasteiger partial charge < -0.3 is 5.32 Å². The first-order chi connectivity index (χ1) is 8.25. The highest BCUT2D eigenvalue weighted by atomic mass is 19.1. The Morgan fingerprint density at radius 1 is 1.12 bits per heavy atom. The van der Waals surface area contributed by atoms with Crippen LogP contribution in [0, 0.1) is 12.7 Å². The van der Waals surface area contributed by atoms with Crippen LogP contribution in [0.3, 0.4) is 0 Å². The van der Waals surface area contributed by atoms with E-state index in [2.05, 4.69) is 17.4 Å². The highest BCUT2D eigenvalue weighted by molar-refractivity contribution is 5.63. The molecule has 1 atom stereocenters. The monoisotopic (exact) mass is 227 g/mol. The number of halogens is 1. The zero-order chi connectivity index (χ0) is 11.8. The van der Waals surface area contributed by atoms with Gasteiger partial charge in [0.25, 0.3) is 0 Å². The average Bonchev–Trinajstić information content (AvgIpc) is 2.81. The van der Waals surface area contributed by atoms with Gasteiger partial charge in [-0.1, -0.05) is 36.4 Å². The minimum Gasteiger partial charge on any atom is -0.377 e. The summed E-state index contributed by atoms with van der Waals surface area (Å²) in [5, 5.41) is 3.42. The van der Waals surface area contributed by atoms with E-state index in [4.69, 9.17) is 0 Å². The fraction of sp³-hybridized carbons (Fsp3) is 0.200. The summed E-state index contributed by atoms with van der Waals surface area (Å²) in [7, 11) is 0. The third-order valence-corrected chi connectivity index (χ3v) is 3.39. The standard InChI is InChI=1S/C15H14FN/c1-10-7-8-13(16)12-9-14(17-15(10)12)11-5-3-2-4-6-11/h2-8,14,17H,9H2,1H3. The van der Waals surface area contributed by atoms with Crippen molar-refractivity contribution < 1.29 is 4.39 Å². The van der Waals surface area contributed by atoms with Crippen molar-refractivity contribution in [2.75, 3.05) is 5.32 Å². The van der Waals surface area contributed by atoms with Crippen LogP contribution in [0.2, 0.25) is 0 Å². The van der Waals surface area contributed by atoms with Gasteiger partial charge in [-0.3, -0.25) is 0 Å². The summed E-state index contributed by atoms with van der Waals surface area (Å²) in [6.45, 7) is 2.01. The number of nitrogens with one attached hydrogen (secondary N) is 1. The Bertz CT molecular complexity index is 517. The Morgan fingerprint density at radius 2 is 1.88 bits per heavy atom. The number of aryl methyl sites for hydroxylation is 1. The molecule has 86 valence electrons. The second kappa shape index (κ2) is 3.88. The smallest absolute Gasteiger partial charge is 0.128 e. The predicted octanol–water partition coefficient (Wildman–Crippen LogP) is 3.84. The third kappa shape index (κ3) is 1.70. The maximum absolute atomic E-state index is 13.7. The van der Waals surface area contributed by atoms with Crippen LogP contribution in [0.1, 0.15) is 22.7 Å². The molecule has 3 rings (SSSR count). The van der Waals surface area contributed by atoms with Crippen molar-refractivity contribution in [2.45, 2.75) is 19.4 Å². The summed E-state index contributed by atoms with van der Waals surface area (Å²) in [4.78, 5) is 0. The Balaban J connectivity index is 1.98. The van der Waals surface area contributed by atoms with Crippen molar-refractivity contribution in [1.29, 1.82) is 0 Å². The number of hydrogen-bond acceptors (Lipinski definition) is 1. The quantitative estimate of drug-likeness (QED) is 0.780. The summed E-state index contributed by atoms with van der Waals surface area (Å²) < 4.78 is 13.7.